The van der Waals surface area contributed by atoms with Crippen LogP contribution in [0, 0.1) is 6.92 Å². The van der Waals surface area contributed by atoms with Crippen molar-refractivity contribution in [2.24, 2.45) is 0 Å². The molecule has 0 heterocycles. The second-order valence-electron chi connectivity index (χ2n) is 5.46. The number of hydrogen-bond acceptors (Lipinski definition) is 2. The first-order valence-electron chi connectivity index (χ1n) is 6.34. The van der Waals surface area contributed by atoms with Crippen LogP contribution >= 0.6 is 0 Å². The molecule has 1 fully saturated rings. The highest BCUT2D eigenvalue weighted by Crippen LogP contribution is 2.33. The summed E-state index contributed by atoms with van der Waals surface area (Å²) in [4.78, 5) is 0. The smallest absolute Gasteiger partial charge is 0.384 e. The normalized spacial score (nSPS) is 19.3. The molecule has 5 heteroatoms. The molecule has 19 heavy (non-hydrogen) atoms. The first kappa shape index (κ1) is 14.3. The molecule has 2 nitrogen and oxygen atoms in total. The SMILES string of the molecule is Cc1cc(C(F)(F)F)ccc1C(C)(O)CNC1CC1. The van der Waals surface area contributed by atoms with Gasteiger partial charge in [0, 0.05) is 12.6 Å². The lowest BCUT2D eigenvalue weighted by atomic mass is 9.90. The van der Waals surface area contributed by atoms with E-state index in [1.807, 2.05) is 0 Å². The van der Waals surface area contributed by atoms with E-state index in [1.165, 1.54) is 6.07 Å². The first-order chi connectivity index (χ1) is 8.70. The average Bonchev–Trinajstić information content (AvgIpc) is 3.08. The predicted molar refractivity (Wildman–Crippen MR) is 66.8 cm³/mol. The third kappa shape index (κ3) is 3.48. The number of rotatable bonds is 4. The Morgan fingerprint density at radius 3 is 2.42 bits per heavy atom. The van der Waals surface area contributed by atoms with E-state index in [-0.39, 0.29) is 0 Å². The first-order valence-corrected chi connectivity index (χ1v) is 6.34. The molecule has 0 spiro atoms. The number of benzene rings is 1. The van der Waals surface area contributed by atoms with Crippen LogP contribution in [0.4, 0.5) is 13.2 Å². The van der Waals surface area contributed by atoms with Gasteiger partial charge >= 0.3 is 6.18 Å². The molecule has 1 aliphatic carbocycles. The largest absolute Gasteiger partial charge is 0.416 e. The van der Waals surface area contributed by atoms with Crippen LogP contribution in [0.3, 0.4) is 0 Å². The molecule has 106 valence electrons. The summed E-state index contributed by atoms with van der Waals surface area (Å²) in [7, 11) is 0. The van der Waals surface area contributed by atoms with Gasteiger partial charge in [0.1, 0.15) is 0 Å². The minimum absolute atomic E-state index is 0.351. The van der Waals surface area contributed by atoms with Crippen LogP contribution in [0.15, 0.2) is 18.2 Å². The highest BCUT2D eigenvalue weighted by molar-refractivity contribution is 5.36. The summed E-state index contributed by atoms with van der Waals surface area (Å²) in [6, 6.07) is 3.92. The summed E-state index contributed by atoms with van der Waals surface area (Å²) in [5.74, 6) is 0. The maximum atomic E-state index is 12.6. The molecule has 2 rings (SSSR count). The number of aliphatic hydroxyl groups is 1. The maximum Gasteiger partial charge on any atom is 0.416 e. The lowest BCUT2D eigenvalue weighted by molar-refractivity contribution is -0.137. The van der Waals surface area contributed by atoms with Crippen LogP contribution in [-0.2, 0) is 11.8 Å². The molecule has 1 aromatic carbocycles. The zero-order chi connectivity index (χ0) is 14.3. The minimum atomic E-state index is -4.35. The summed E-state index contributed by atoms with van der Waals surface area (Å²) in [5, 5.41) is 13.6. The van der Waals surface area contributed by atoms with E-state index in [4.69, 9.17) is 0 Å². The molecule has 1 unspecified atom stereocenters. The Bertz CT molecular complexity index is 464. The van der Waals surface area contributed by atoms with Crippen molar-refractivity contribution in [1.82, 2.24) is 5.32 Å². The maximum absolute atomic E-state index is 12.6. The molecule has 0 radical (unpaired) electrons. The van der Waals surface area contributed by atoms with Gasteiger partial charge in [-0.1, -0.05) is 6.07 Å². The van der Waals surface area contributed by atoms with Crippen LogP contribution in [-0.4, -0.2) is 17.7 Å². The van der Waals surface area contributed by atoms with Crippen molar-refractivity contribution in [1.29, 1.82) is 0 Å². The quantitative estimate of drug-likeness (QED) is 0.884. The Morgan fingerprint density at radius 1 is 1.32 bits per heavy atom. The third-order valence-electron chi connectivity index (χ3n) is 3.45. The zero-order valence-corrected chi connectivity index (χ0v) is 11.0. The molecule has 2 N–H and O–H groups in total. The Labute approximate surface area is 110 Å². The lowest BCUT2D eigenvalue weighted by Crippen LogP contribution is -2.37. The predicted octanol–water partition coefficient (Wildman–Crippen LogP) is 2.97. The Morgan fingerprint density at radius 2 is 1.95 bits per heavy atom. The third-order valence-corrected chi connectivity index (χ3v) is 3.45. The van der Waals surface area contributed by atoms with Crippen molar-refractivity contribution in [2.75, 3.05) is 6.54 Å². The summed E-state index contributed by atoms with van der Waals surface area (Å²) in [6.45, 7) is 3.57. The van der Waals surface area contributed by atoms with E-state index >= 15 is 0 Å². The topological polar surface area (TPSA) is 32.3 Å². The van der Waals surface area contributed by atoms with Gasteiger partial charge in [-0.15, -0.1) is 0 Å². The van der Waals surface area contributed by atoms with E-state index < -0.39 is 17.3 Å². The van der Waals surface area contributed by atoms with Crippen LogP contribution in [0.1, 0.15) is 36.5 Å². The van der Waals surface area contributed by atoms with E-state index in [9.17, 15) is 18.3 Å². The van der Waals surface area contributed by atoms with Crippen molar-refractivity contribution in [3.63, 3.8) is 0 Å². The molecule has 0 aliphatic heterocycles. The highest BCUT2D eigenvalue weighted by Gasteiger charge is 2.33. The molecule has 0 bridgehead atoms. The standard InChI is InChI=1S/C14H18F3NO/c1-9-7-10(14(15,16)17)3-6-12(9)13(2,19)8-18-11-4-5-11/h3,6-7,11,18-19H,4-5,8H2,1-2H3. The van der Waals surface area contributed by atoms with Crippen molar-refractivity contribution in [3.05, 3.63) is 34.9 Å². The molecular formula is C14H18F3NO. The number of aryl methyl sites for hydroxylation is 1. The number of alkyl halides is 3. The summed E-state index contributed by atoms with van der Waals surface area (Å²) >= 11 is 0. The van der Waals surface area contributed by atoms with Gasteiger partial charge in [0.05, 0.1) is 11.2 Å². The molecule has 1 aromatic rings. The van der Waals surface area contributed by atoms with Crippen molar-refractivity contribution in [3.8, 4) is 0 Å². The van der Waals surface area contributed by atoms with Gasteiger partial charge < -0.3 is 10.4 Å². The Kier molecular flexibility index (Phi) is 3.62. The van der Waals surface area contributed by atoms with Gasteiger partial charge in [-0.05, 0) is 49.9 Å². The van der Waals surface area contributed by atoms with E-state index in [2.05, 4.69) is 5.32 Å². The number of hydrogen-bond donors (Lipinski definition) is 2. The molecule has 1 aliphatic rings. The van der Waals surface area contributed by atoms with Crippen molar-refractivity contribution >= 4 is 0 Å². The molecule has 1 atom stereocenters. The fourth-order valence-electron chi connectivity index (χ4n) is 2.17. The number of nitrogens with one attached hydrogen (secondary N) is 1. The second-order valence-corrected chi connectivity index (χ2v) is 5.46. The van der Waals surface area contributed by atoms with Gasteiger partial charge in [0.15, 0.2) is 0 Å². The van der Waals surface area contributed by atoms with Gasteiger partial charge in [-0.2, -0.15) is 13.2 Å². The van der Waals surface area contributed by atoms with E-state index in [0.717, 1.165) is 25.0 Å². The van der Waals surface area contributed by atoms with Crippen LogP contribution in [0.2, 0.25) is 0 Å². The molecule has 0 aromatic heterocycles. The van der Waals surface area contributed by atoms with Gasteiger partial charge in [0.2, 0.25) is 0 Å². The summed E-state index contributed by atoms with van der Waals surface area (Å²) in [6.07, 6.45) is -2.15. The van der Waals surface area contributed by atoms with Gasteiger partial charge in [-0.25, -0.2) is 0 Å². The van der Waals surface area contributed by atoms with E-state index in [1.54, 1.807) is 13.8 Å². The molecule has 0 saturated heterocycles. The summed E-state index contributed by atoms with van der Waals surface area (Å²) < 4.78 is 37.8. The van der Waals surface area contributed by atoms with Crippen LogP contribution in [0.25, 0.3) is 0 Å². The minimum Gasteiger partial charge on any atom is -0.384 e. The molecule has 0 amide bonds. The fraction of sp³-hybridized carbons (Fsp3) is 0.571. The highest BCUT2D eigenvalue weighted by atomic mass is 19.4. The number of halogens is 3. The fourth-order valence-corrected chi connectivity index (χ4v) is 2.17. The van der Waals surface area contributed by atoms with Crippen LogP contribution in [0.5, 0.6) is 0 Å². The zero-order valence-electron chi connectivity index (χ0n) is 11.0. The molecule has 1 saturated carbocycles. The van der Waals surface area contributed by atoms with Crippen molar-refractivity contribution < 1.29 is 18.3 Å². The summed E-state index contributed by atoms with van der Waals surface area (Å²) in [5.41, 5.74) is -0.845. The Balaban J connectivity index is 2.18. The second kappa shape index (κ2) is 4.80. The van der Waals surface area contributed by atoms with Crippen LogP contribution < -0.4 is 5.32 Å². The van der Waals surface area contributed by atoms with Crippen molar-refractivity contribution in [2.45, 2.75) is 44.5 Å². The molecular weight excluding hydrogens is 255 g/mol. The van der Waals surface area contributed by atoms with Gasteiger partial charge in [0.25, 0.3) is 0 Å². The average molecular weight is 273 g/mol. The van der Waals surface area contributed by atoms with E-state index in [0.29, 0.717) is 23.7 Å². The monoisotopic (exact) mass is 273 g/mol. The van der Waals surface area contributed by atoms with Gasteiger partial charge in [-0.3, -0.25) is 0 Å². The lowest BCUT2D eigenvalue weighted by Gasteiger charge is -2.26. The Hall–Kier alpha value is -1.07.